The van der Waals surface area contributed by atoms with E-state index in [4.69, 9.17) is 0 Å². The highest BCUT2D eigenvalue weighted by Gasteiger charge is 2.13. The maximum Gasteiger partial charge on any atom is 0.0669 e. The molecule has 19 heavy (non-hydrogen) atoms. The lowest BCUT2D eigenvalue weighted by molar-refractivity contribution is 0.116. The number of hydrogen-bond acceptors (Lipinski definition) is 3. The van der Waals surface area contributed by atoms with Crippen molar-refractivity contribution in [3.63, 3.8) is 0 Å². The zero-order chi connectivity index (χ0) is 14.4. The predicted octanol–water partition coefficient (Wildman–Crippen LogP) is 2.04. The van der Waals surface area contributed by atoms with Crippen molar-refractivity contribution < 1.29 is 5.11 Å². The number of nitrogens with one attached hydrogen (secondary N) is 1. The Morgan fingerprint density at radius 3 is 2.47 bits per heavy atom. The summed E-state index contributed by atoms with van der Waals surface area (Å²) in [6, 6.07) is 0. The van der Waals surface area contributed by atoms with Crippen molar-refractivity contribution in [1.82, 2.24) is 15.1 Å². The van der Waals surface area contributed by atoms with Crippen LogP contribution in [0.15, 0.2) is 0 Å². The van der Waals surface area contributed by atoms with Gasteiger partial charge in [-0.2, -0.15) is 5.10 Å². The maximum atomic E-state index is 9.77. The van der Waals surface area contributed by atoms with Gasteiger partial charge < -0.3 is 10.4 Å². The van der Waals surface area contributed by atoms with E-state index >= 15 is 0 Å². The monoisotopic (exact) mass is 267 g/mol. The van der Waals surface area contributed by atoms with E-state index in [2.05, 4.69) is 38.1 Å². The molecule has 1 heterocycles. The van der Waals surface area contributed by atoms with Gasteiger partial charge in [0, 0.05) is 24.8 Å². The Hall–Kier alpha value is -0.870. The molecule has 0 aliphatic heterocycles. The van der Waals surface area contributed by atoms with Gasteiger partial charge in [-0.25, -0.2) is 0 Å². The minimum absolute atomic E-state index is 0.210. The van der Waals surface area contributed by atoms with Crippen LogP contribution < -0.4 is 5.32 Å². The van der Waals surface area contributed by atoms with Crippen LogP contribution in [-0.2, 0) is 26.4 Å². The van der Waals surface area contributed by atoms with E-state index in [9.17, 15) is 5.11 Å². The lowest BCUT2D eigenvalue weighted by Gasteiger charge is -2.14. The fraction of sp³-hybridized carbons (Fsp3) is 0.800. The normalized spacial score (nSPS) is 13.2. The van der Waals surface area contributed by atoms with E-state index in [1.165, 1.54) is 17.0 Å². The van der Waals surface area contributed by atoms with Crippen molar-refractivity contribution in [2.75, 3.05) is 6.54 Å². The van der Waals surface area contributed by atoms with Gasteiger partial charge in [0.1, 0.15) is 0 Å². The molecule has 0 saturated carbocycles. The van der Waals surface area contributed by atoms with Gasteiger partial charge >= 0.3 is 0 Å². The predicted molar refractivity (Wildman–Crippen MR) is 79.1 cm³/mol. The molecule has 1 rings (SSSR count). The number of nitrogens with zero attached hydrogens (tertiary/aromatic N) is 2. The Balaban J connectivity index is 2.53. The molecule has 0 fully saturated rings. The molecule has 0 spiro atoms. The Labute approximate surface area is 117 Å². The summed E-state index contributed by atoms with van der Waals surface area (Å²) in [5.41, 5.74) is 3.84. The zero-order valence-electron chi connectivity index (χ0n) is 13.0. The Morgan fingerprint density at radius 2 is 1.95 bits per heavy atom. The van der Waals surface area contributed by atoms with Crippen LogP contribution in [0.25, 0.3) is 0 Å². The summed E-state index contributed by atoms with van der Waals surface area (Å²) in [6.07, 6.45) is 2.58. The van der Waals surface area contributed by atoms with Crippen molar-refractivity contribution in [2.45, 2.75) is 59.6 Å². The molecule has 0 aromatic carbocycles. The molecule has 0 aliphatic carbocycles. The third-order valence-electron chi connectivity index (χ3n) is 3.72. The molecule has 1 unspecified atom stereocenters. The van der Waals surface area contributed by atoms with Crippen LogP contribution in [0.5, 0.6) is 0 Å². The topological polar surface area (TPSA) is 50.1 Å². The molecular formula is C15H29N3O. The highest BCUT2D eigenvalue weighted by Crippen LogP contribution is 2.15. The van der Waals surface area contributed by atoms with Gasteiger partial charge in [0.15, 0.2) is 0 Å². The van der Waals surface area contributed by atoms with Crippen molar-refractivity contribution in [3.8, 4) is 0 Å². The first-order valence-corrected chi connectivity index (χ1v) is 7.43. The van der Waals surface area contributed by atoms with Crippen molar-refractivity contribution in [2.24, 2.45) is 13.0 Å². The van der Waals surface area contributed by atoms with Gasteiger partial charge in [-0.05, 0) is 31.7 Å². The van der Waals surface area contributed by atoms with E-state index < -0.39 is 0 Å². The maximum absolute atomic E-state index is 9.77. The minimum Gasteiger partial charge on any atom is -0.393 e. The highest BCUT2D eigenvalue weighted by molar-refractivity contribution is 5.26. The van der Waals surface area contributed by atoms with Gasteiger partial charge in [0.25, 0.3) is 0 Å². The fourth-order valence-corrected chi connectivity index (χ4v) is 2.39. The molecule has 0 amide bonds. The largest absolute Gasteiger partial charge is 0.393 e. The summed E-state index contributed by atoms with van der Waals surface area (Å²) in [5.74, 6) is 0.331. The molecule has 4 heteroatoms. The van der Waals surface area contributed by atoms with Crippen LogP contribution in [0.3, 0.4) is 0 Å². The molecule has 0 radical (unpaired) electrons. The van der Waals surface area contributed by atoms with E-state index in [0.29, 0.717) is 5.92 Å². The standard InChI is InChI=1S/C15H29N3O/c1-6-13-12(14(7-2)18(5)17-13)10-16-9-8-15(19)11(3)4/h11,15-16,19H,6-10H2,1-5H3. The molecule has 0 saturated heterocycles. The number of hydrogen-bond donors (Lipinski definition) is 2. The summed E-state index contributed by atoms with van der Waals surface area (Å²) in [6.45, 7) is 10.1. The van der Waals surface area contributed by atoms with Crippen LogP contribution in [-0.4, -0.2) is 27.5 Å². The summed E-state index contributed by atoms with van der Waals surface area (Å²) >= 11 is 0. The van der Waals surface area contributed by atoms with Gasteiger partial charge in [0.2, 0.25) is 0 Å². The molecular weight excluding hydrogens is 238 g/mol. The van der Waals surface area contributed by atoms with E-state index in [-0.39, 0.29) is 6.10 Å². The molecule has 0 bridgehead atoms. The third-order valence-corrected chi connectivity index (χ3v) is 3.72. The quantitative estimate of drug-likeness (QED) is 0.709. The Kier molecular flexibility index (Phi) is 6.52. The SMILES string of the molecule is CCc1nn(C)c(CC)c1CNCCC(O)C(C)C. The van der Waals surface area contributed by atoms with Crippen molar-refractivity contribution in [1.29, 1.82) is 0 Å². The van der Waals surface area contributed by atoms with Crippen molar-refractivity contribution >= 4 is 0 Å². The minimum atomic E-state index is -0.210. The number of aliphatic hydroxyl groups is 1. The number of aliphatic hydroxyl groups excluding tert-OH is 1. The second kappa shape index (κ2) is 7.65. The number of aryl methyl sites for hydroxylation is 2. The molecule has 4 nitrogen and oxygen atoms in total. The first kappa shape index (κ1) is 16.2. The van der Waals surface area contributed by atoms with Crippen LogP contribution in [0.1, 0.15) is 51.1 Å². The lowest BCUT2D eigenvalue weighted by Crippen LogP contribution is -2.24. The number of rotatable bonds is 8. The van der Waals surface area contributed by atoms with Gasteiger partial charge in [0.05, 0.1) is 11.8 Å². The van der Waals surface area contributed by atoms with Gasteiger partial charge in [-0.15, -0.1) is 0 Å². The molecule has 0 aliphatic rings. The van der Waals surface area contributed by atoms with Gasteiger partial charge in [-0.1, -0.05) is 27.7 Å². The number of aromatic nitrogens is 2. The Bertz CT molecular complexity index is 385. The molecule has 2 N–H and O–H groups in total. The van der Waals surface area contributed by atoms with E-state index in [0.717, 1.165) is 32.4 Å². The lowest BCUT2D eigenvalue weighted by atomic mass is 10.0. The van der Waals surface area contributed by atoms with Crippen molar-refractivity contribution in [3.05, 3.63) is 17.0 Å². The smallest absolute Gasteiger partial charge is 0.0669 e. The average Bonchev–Trinajstić information content (AvgIpc) is 2.69. The van der Waals surface area contributed by atoms with E-state index in [1.54, 1.807) is 0 Å². The molecule has 1 aromatic heterocycles. The second-order valence-electron chi connectivity index (χ2n) is 5.48. The van der Waals surface area contributed by atoms with Crippen LogP contribution >= 0.6 is 0 Å². The highest BCUT2D eigenvalue weighted by atomic mass is 16.3. The fourth-order valence-electron chi connectivity index (χ4n) is 2.39. The summed E-state index contributed by atoms with van der Waals surface area (Å²) in [7, 11) is 2.02. The second-order valence-corrected chi connectivity index (χ2v) is 5.48. The van der Waals surface area contributed by atoms with Gasteiger partial charge in [-0.3, -0.25) is 4.68 Å². The van der Waals surface area contributed by atoms with Crippen LogP contribution in [0, 0.1) is 5.92 Å². The summed E-state index contributed by atoms with van der Waals surface area (Å²) in [4.78, 5) is 0. The molecule has 1 atom stereocenters. The Morgan fingerprint density at radius 1 is 1.26 bits per heavy atom. The molecule has 110 valence electrons. The van der Waals surface area contributed by atoms with Crippen LogP contribution in [0.4, 0.5) is 0 Å². The zero-order valence-corrected chi connectivity index (χ0v) is 13.0. The third kappa shape index (κ3) is 4.32. The average molecular weight is 267 g/mol. The summed E-state index contributed by atoms with van der Waals surface area (Å²) < 4.78 is 2.00. The first-order chi connectivity index (χ1) is 9.01. The summed E-state index contributed by atoms with van der Waals surface area (Å²) in [5, 5.41) is 17.8. The molecule has 1 aromatic rings. The first-order valence-electron chi connectivity index (χ1n) is 7.43. The van der Waals surface area contributed by atoms with Crippen LogP contribution in [0.2, 0.25) is 0 Å². The van der Waals surface area contributed by atoms with E-state index in [1.807, 2.05) is 11.7 Å².